The fourth-order valence-electron chi connectivity index (χ4n) is 2.79. The van der Waals surface area contributed by atoms with Crippen LogP contribution in [-0.4, -0.2) is 32.5 Å². The van der Waals surface area contributed by atoms with Crippen LogP contribution in [0.3, 0.4) is 0 Å². The minimum absolute atomic E-state index is 0. The molecule has 11 heteroatoms. The normalized spacial score (nSPS) is 19.2. The maximum atomic E-state index is 5.95. The maximum Gasteiger partial charge on any atom is 0.181 e. The summed E-state index contributed by atoms with van der Waals surface area (Å²) >= 11 is 0. The number of imidazole rings is 1. The molecule has 1 saturated carbocycles. The second kappa shape index (κ2) is 12.6. The highest BCUT2D eigenvalue weighted by Crippen LogP contribution is 2.31. The predicted molar refractivity (Wildman–Crippen MR) is 104 cm³/mol. The molecule has 9 N–H and O–H groups in total. The second-order valence-corrected chi connectivity index (χ2v) is 5.28. The maximum absolute atomic E-state index is 5.95. The van der Waals surface area contributed by atoms with Crippen LogP contribution in [0.4, 0.5) is 0 Å². The van der Waals surface area contributed by atoms with Crippen molar-refractivity contribution in [3.63, 3.8) is 0 Å². The number of nitrogens with one attached hydrogen (secondary N) is 1. The van der Waals surface area contributed by atoms with Crippen molar-refractivity contribution >= 4 is 48.4 Å². The summed E-state index contributed by atoms with van der Waals surface area (Å²) in [7, 11) is 0. The molecular weight excluding hydrogens is 375 g/mol. The van der Waals surface area contributed by atoms with Gasteiger partial charge in [-0.05, 0) is 32.2 Å². The average Bonchev–Trinajstić information content (AvgIpc) is 2.99. The van der Waals surface area contributed by atoms with Gasteiger partial charge in [-0.3, -0.25) is 11.7 Å². The lowest BCUT2D eigenvalue weighted by molar-refractivity contribution is 0.384. The molecule has 0 amide bonds. The quantitative estimate of drug-likeness (QED) is 0.377. The van der Waals surface area contributed by atoms with Gasteiger partial charge in [-0.15, -0.1) is 37.2 Å². The van der Waals surface area contributed by atoms with E-state index >= 15 is 0 Å². The number of hydrogen-bond acceptors (Lipinski definition) is 7. The van der Waals surface area contributed by atoms with E-state index in [4.69, 9.17) is 16.5 Å². The number of nitrogens with two attached hydrogens (primary N) is 4. The number of H-pyrrole nitrogens is 1. The van der Waals surface area contributed by atoms with E-state index in [0.717, 1.165) is 54.8 Å². The fourth-order valence-corrected chi connectivity index (χ4v) is 2.79. The van der Waals surface area contributed by atoms with E-state index in [1.165, 1.54) is 0 Å². The van der Waals surface area contributed by atoms with Gasteiger partial charge in [0.15, 0.2) is 5.65 Å². The summed E-state index contributed by atoms with van der Waals surface area (Å²) in [6, 6.07) is 0.342. The largest absolute Gasteiger partial charge is 0.342 e. The zero-order valence-corrected chi connectivity index (χ0v) is 15.8. The van der Waals surface area contributed by atoms with Crippen LogP contribution in [0.2, 0.25) is 0 Å². The molecule has 8 nitrogen and oxygen atoms in total. The number of rotatable bonds is 3. The van der Waals surface area contributed by atoms with Gasteiger partial charge in [-0.2, -0.15) is 0 Å². The number of halogens is 3. The Morgan fingerprint density at radius 2 is 1.67 bits per heavy atom. The first-order valence-electron chi connectivity index (χ1n) is 7.27. The molecule has 140 valence electrons. The van der Waals surface area contributed by atoms with Crippen molar-refractivity contribution in [3.8, 4) is 0 Å². The average molecular weight is 402 g/mol. The van der Waals surface area contributed by atoms with Crippen LogP contribution in [0.25, 0.3) is 11.2 Å². The van der Waals surface area contributed by atoms with E-state index < -0.39 is 0 Å². The van der Waals surface area contributed by atoms with Gasteiger partial charge in [0.2, 0.25) is 0 Å². The van der Waals surface area contributed by atoms with Crippen molar-refractivity contribution in [2.75, 3.05) is 6.54 Å². The first-order valence-corrected chi connectivity index (χ1v) is 7.27. The number of fused-ring (bicyclic) bond motifs is 1. The second-order valence-electron chi connectivity index (χ2n) is 5.28. The molecule has 0 atom stereocenters. The van der Waals surface area contributed by atoms with Gasteiger partial charge in [-0.1, -0.05) is 0 Å². The standard InChI is InChI=1S/C13H20N6.3ClH.H4N2/c14-6-5-10-11-13(17-7-16-11)19-12(18-10)8-1-3-9(15)4-2-8;;;;1-2/h7-9H,1-6,14-15H2,(H,16,17,18,19);3*1H;1-2H2. The molecule has 2 heterocycles. The van der Waals surface area contributed by atoms with Crippen LogP contribution in [0.15, 0.2) is 6.33 Å². The minimum Gasteiger partial charge on any atom is -0.342 e. The van der Waals surface area contributed by atoms with Gasteiger partial charge in [0.1, 0.15) is 11.3 Å². The Kier molecular flexibility index (Phi) is 13.4. The third kappa shape index (κ3) is 5.96. The van der Waals surface area contributed by atoms with Crippen molar-refractivity contribution < 1.29 is 0 Å². The number of aromatic nitrogens is 4. The zero-order chi connectivity index (χ0) is 15.2. The lowest BCUT2D eigenvalue weighted by atomic mass is 9.86. The molecule has 0 radical (unpaired) electrons. The van der Waals surface area contributed by atoms with E-state index in [1.54, 1.807) is 6.33 Å². The van der Waals surface area contributed by atoms with Crippen molar-refractivity contribution in [2.24, 2.45) is 23.2 Å². The Morgan fingerprint density at radius 3 is 2.25 bits per heavy atom. The van der Waals surface area contributed by atoms with Crippen molar-refractivity contribution in [3.05, 3.63) is 17.8 Å². The smallest absolute Gasteiger partial charge is 0.181 e. The highest BCUT2D eigenvalue weighted by atomic mass is 35.5. The molecule has 24 heavy (non-hydrogen) atoms. The van der Waals surface area contributed by atoms with E-state index in [1.807, 2.05) is 0 Å². The number of nitrogens with zero attached hydrogens (tertiary/aromatic N) is 3. The van der Waals surface area contributed by atoms with Gasteiger partial charge < -0.3 is 16.5 Å². The third-order valence-electron chi connectivity index (χ3n) is 3.90. The molecule has 2 aromatic heterocycles. The molecule has 1 fully saturated rings. The van der Waals surface area contributed by atoms with Crippen LogP contribution in [0.1, 0.15) is 43.1 Å². The van der Waals surface area contributed by atoms with Crippen molar-refractivity contribution in [1.29, 1.82) is 0 Å². The van der Waals surface area contributed by atoms with Crippen LogP contribution in [0.5, 0.6) is 0 Å². The molecule has 0 unspecified atom stereocenters. The predicted octanol–water partition coefficient (Wildman–Crippen LogP) is 0.923. The van der Waals surface area contributed by atoms with Gasteiger partial charge in [-0.25, -0.2) is 15.0 Å². The van der Waals surface area contributed by atoms with Gasteiger partial charge in [0, 0.05) is 18.4 Å². The molecule has 2 aromatic rings. The van der Waals surface area contributed by atoms with Crippen LogP contribution < -0.4 is 23.2 Å². The topological polar surface area (TPSA) is 159 Å². The highest BCUT2D eigenvalue weighted by Gasteiger charge is 2.23. The summed E-state index contributed by atoms with van der Waals surface area (Å²) in [5.41, 5.74) is 14.3. The molecular formula is C13H27Cl3N8. The molecule has 1 aliphatic carbocycles. The summed E-state index contributed by atoms with van der Waals surface area (Å²) in [6.45, 7) is 0.583. The lowest BCUT2D eigenvalue weighted by Crippen LogP contribution is -2.26. The Bertz CT molecular complexity index is 571. The van der Waals surface area contributed by atoms with Gasteiger partial charge in [0.05, 0.1) is 12.0 Å². The summed E-state index contributed by atoms with van der Waals surface area (Å²) < 4.78 is 0. The highest BCUT2D eigenvalue weighted by molar-refractivity contribution is 5.86. The molecule has 0 bridgehead atoms. The summed E-state index contributed by atoms with van der Waals surface area (Å²) in [5, 5.41) is 0. The molecule has 0 saturated heterocycles. The fraction of sp³-hybridized carbons (Fsp3) is 0.615. The Labute approximate surface area is 160 Å². The van der Waals surface area contributed by atoms with E-state index in [-0.39, 0.29) is 37.2 Å². The van der Waals surface area contributed by atoms with Crippen LogP contribution in [-0.2, 0) is 6.42 Å². The number of hydrogen-bond donors (Lipinski definition) is 5. The molecule has 0 aromatic carbocycles. The first-order chi connectivity index (χ1) is 10.3. The van der Waals surface area contributed by atoms with Crippen molar-refractivity contribution in [2.45, 2.75) is 44.1 Å². The zero-order valence-electron chi connectivity index (χ0n) is 13.4. The summed E-state index contributed by atoms with van der Waals surface area (Å²) in [4.78, 5) is 16.7. The first kappa shape index (κ1) is 25.5. The van der Waals surface area contributed by atoms with Gasteiger partial charge >= 0.3 is 0 Å². The monoisotopic (exact) mass is 400 g/mol. The number of aromatic amines is 1. The third-order valence-corrected chi connectivity index (χ3v) is 3.90. The van der Waals surface area contributed by atoms with Crippen LogP contribution in [0, 0.1) is 0 Å². The lowest BCUT2D eigenvalue weighted by Gasteiger charge is -2.25. The Balaban J connectivity index is 0. The van der Waals surface area contributed by atoms with E-state index in [9.17, 15) is 0 Å². The van der Waals surface area contributed by atoms with Crippen molar-refractivity contribution in [1.82, 2.24) is 19.9 Å². The number of hydrazine groups is 1. The Morgan fingerprint density at radius 1 is 1.04 bits per heavy atom. The molecule has 1 aliphatic rings. The van der Waals surface area contributed by atoms with Crippen LogP contribution >= 0.6 is 37.2 Å². The SMILES string of the molecule is Cl.Cl.Cl.NCCc1nc(C2CCC(N)CC2)nc2nc[nH]c12.NN. The minimum atomic E-state index is 0. The molecule has 3 rings (SSSR count). The van der Waals surface area contributed by atoms with E-state index in [0.29, 0.717) is 18.5 Å². The van der Waals surface area contributed by atoms with E-state index in [2.05, 4.69) is 26.6 Å². The molecule has 0 aliphatic heterocycles. The summed E-state index contributed by atoms with van der Waals surface area (Å²) in [6.07, 6.45) is 6.66. The summed E-state index contributed by atoms with van der Waals surface area (Å²) in [5.74, 6) is 9.33. The molecule has 0 spiro atoms. The van der Waals surface area contributed by atoms with Gasteiger partial charge in [0.25, 0.3) is 0 Å². The Hall–Kier alpha value is -0.740.